The highest BCUT2D eigenvalue weighted by atomic mass is 31.2. The molecule has 0 fully saturated rings. The summed E-state index contributed by atoms with van der Waals surface area (Å²) >= 11 is 0. The minimum Gasteiger partial charge on any atom is -0.480 e. The molecule has 1 aromatic carbocycles. The Morgan fingerprint density at radius 3 is 2.17 bits per heavy atom. The Balaban J connectivity index is 2.81. The fourth-order valence-electron chi connectivity index (χ4n) is 1.26. The highest BCUT2D eigenvalue weighted by molar-refractivity contribution is 7.51. The zero-order valence-electron chi connectivity index (χ0n) is 9.52. The average Bonchev–Trinajstić information content (AvgIpc) is 2.27. The zero-order chi connectivity index (χ0) is 13.9. The monoisotopic (exact) mass is 275 g/mol. The second kappa shape index (κ2) is 5.49. The van der Waals surface area contributed by atoms with E-state index in [1.54, 1.807) is 0 Å². The van der Waals surface area contributed by atoms with Gasteiger partial charge in [0.25, 0.3) is 0 Å². The molecule has 0 aliphatic heterocycles. The molecule has 2 atom stereocenters. The lowest BCUT2D eigenvalue weighted by Gasteiger charge is -2.14. The van der Waals surface area contributed by atoms with Gasteiger partial charge < -0.3 is 25.3 Å². The maximum Gasteiger partial charge on any atom is 0.358 e. The fraction of sp³-hybridized carbons (Fsp3) is 0.300. The van der Waals surface area contributed by atoms with E-state index in [9.17, 15) is 14.5 Å². The van der Waals surface area contributed by atoms with Crippen molar-refractivity contribution in [2.75, 3.05) is 5.32 Å². The zero-order valence-corrected chi connectivity index (χ0v) is 10.4. The fourth-order valence-corrected chi connectivity index (χ4v) is 1.82. The number of benzene rings is 1. The number of aliphatic carboxylic acids is 1. The molecule has 8 heteroatoms. The van der Waals surface area contributed by atoms with E-state index >= 15 is 0 Å². The lowest BCUT2D eigenvalue weighted by Crippen LogP contribution is -2.25. The molecule has 1 aromatic rings. The van der Waals surface area contributed by atoms with Crippen LogP contribution in [0.1, 0.15) is 18.3 Å². The molecule has 0 aliphatic rings. The van der Waals surface area contributed by atoms with Gasteiger partial charge in [0, 0.05) is 5.69 Å². The van der Waals surface area contributed by atoms with E-state index in [2.05, 4.69) is 5.32 Å². The van der Waals surface area contributed by atoms with E-state index < -0.39 is 25.5 Å². The first kappa shape index (κ1) is 14.7. The van der Waals surface area contributed by atoms with Crippen molar-refractivity contribution in [1.29, 1.82) is 0 Å². The molecule has 0 bridgehead atoms. The molecular weight excluding hydrogens is 261 g/mol. The van der Waals surface area contributed by atoms with Gasteiger partial charge in [-0.25, -0.2) is 0 Å². The highest BCUT2D eigenvalue weighted by Crippen LogP contribution is 2.49. The van der Waals surface area contributed by atoms with Gasteiger partial charge in [0.05, 0.1) is 0 Å². The number of carbonyl (C=O) groups is 1. The van der Waals surface area contributed by atoms with Gasteiger partial charge in [-0.15, -0.1) is 0 Å². The van der Waals surface area contributed by atoms with E-state index in [1.807, 2.05) is 0 Å². The summed E-state index contributed by atoms with van der Waals surface area (Å²) in [6.07, 6.45) is 0. The molecule has 1 rings (SSSR count). The third kappa shape index (κ3) is 3.82. The Morgan fingerprint density at radius 2 is 1.78 bits per heavy atom. The van der Waals surface area contributed by atoms with Crippen LogP contribution in [0, 0.1) is 0 Å². The van der Waals surface area contributed by atoms with Crippen LogP contribution in [0.2, 0.25) is 0 Å². The predicted molar refractivity (Wildman–Crippen MR) is 64.2 cm³/mol. The van der Waals surface area contributed by atoms with Gasteiger partial charge in [-0.2, -0.15) is 0 Å². The molecule has 7 nitrogen and oxygen atoms in total. The molecule has 0 spiro atoms. The third-order valence-electron chi connectivity index (χ3n) is 2.28. The average molecular weight is 275 g/mol. The topological polar surface area (TPSA) is 127 Å². The Hall–Kier alpha value is -1.40. The lowest BCUT2D eigenvalue weighted by atomic mass is 10.2. The summed E-state index contributed by atoms with van der Waals surface area (Å²) < 4.78 is 10.8. The molecule has 18 heavy (non-hydrogen) atoms. The first-order valence-electron chi connectivity index (χ1n) is 5.04. The number of hydrogen-bond acceptors (Lipinski definition) is 4. The van der Waals surface area contributed by atoms with E-state index in [4.69, 9.17) is 14.9 Å². The molecule has 1 unspecified atom stereocenters. The van der Waals surface area contributed by atoms with E-state index in [1.165, 1.54) is 31.2 Å². The van der Waals surface area contributed by atoms with Gasteiger partial charge in [-0.1, -0.05) is 12.1 Å². The second-order valence-corrected chi connectivity index (χ2v) is 5.46. The van der Waals surface area contributed by atoms with Gasteiger partial charge in [0.2, 0.25) is 0 Å². The van der Waals surface area contributed by atoms with Gasteiger partial charge in [-0.3, -0.25) is 9.36 Å². The summed E-state index contributed by atoms with van der Waals surface area (Å²) in [6.45, 7) is 1.46. The number of aliphatic hydroxyl groups is 1. The number of carboxylic acid groups (broad SMARTS) is 1. The van der Waals surface area contributed by atoms with Gasteiger partial charge in [-0.05, 0) is 24.6 Å². The number of rotatable bonds is 5. The number of aliphatic hydroxyl groups excluding tert-OH is 1. The summed E-state index contributed by atoms with van der Waals surface area (Å²) in [7, 11) is -4.60. The molecule has 0 aromatic heterocycles. The third-order valence-corrected chi connectivity index (χ3v) is 3.22. The Kier molecular flexibility index (Phi) is 4.48. The van der Waals surface area contributed by atoms with E-state index in [0.717, 1.165) is 0 Å². The summed E-state index contributed by atoms with van der Waals surface area (Å²) in [5.41, 5.74) is 0.545. The van der Waals surface area contributed by atoms with Crippen LogP contribution in [0.25, 0.3) is 0 Å². The smallest absolute Gasteiger partial charge is 0.358 e. The minimum atomic E-state index is -4.60. The molecule has 0 saturated carbocycles. The largest absolute Gasteiger partial charge is 0.480 e. The standard InChI is InChI=1S/C10H14NO6P/c1-6(9(12)13)11-8-4-2-7(3-5-8)10(14)18(15,16)17/h2-6,10-11,14H,1H3,(H,12,13)(H2,15,16,17)/t6-,10?/m0/s1. The van der Waals surface area contributed by atoms with Crippen LogP contribution >= 0.6 is 7.60 Å². The summed E-state index contributed by atoms with van der Waals surface area (Å²) in [6, 6.07) is 4.73. The molecule has 0 amide bonds. The maximum atomic E-state index is 10.8. The first-order chi connectivity index (χ1) is 8.21. The number of carboxylic acids is 1. The molecular formula is C10H14NO6P. The molecule has 5 N–H and O–H groups in total. The number of hydrogen-bond donors (Lipinski definition) is 5. The van der Waals surface area contributed by atoms with E-state index in [0.29, 0.717) is 5.69 Å². The van der Waals surface area contributed by atoms with Crippen LogP contribution in [0.4, 0.5) is 5.69 Å². The van der Waals surface area contributed by atoms with Crippen molar-refractivity contribution in [2.45, 2.75) is 18.8 Å². The van der Waals surface area contributed by atoms with Crippen molar-refractivity contribution in [3.63, 3.8) is 0 Å². The molecule has 0 radical (unpaired) electrons. The van der Waals surface area contributed by atoms with Gasteiger partial charge in [0.1, 0.15) is 6.04 Å². The van der Waals surface area contributed by atoms with E-state index in [-0.39, 0.29) is 5.56 Å². The Morgan fingerprint density at radius 1 is 1.28 bits per heavy atom. The quantitative estimate of drug-likeness (QED) is 0.501. The van der Waals surface area contributed by atoms with Crippen molar-refractivity contribution in [1.82, 2.24) is 0 Å². The Labute approximate surface area is 103 Å². The highest BCUT2D eigenvalue weighted by Gasteiger charge is 2.27. The molecule has 100 valence electrons. The SMILES string of the molecule is C[C@H](Nc1ccc(C(O)P(=O)(O)O)cc1)C(=O)O. The molecule has 0 heterocycles. The van der Waals surface area contributed by atoms with Crippen LogP contribution in [-0.4, -0.2) is 32.0 Å². The number of anilines is 1. The second-order valence-electron chi connectivity index (χ2n) is 3.79. The lowest BCUT2D eigenvalue weighted by molar-refractivity contribution is -0.137. The van der Waals surface area contributed by atoms with Crippen LogP contribution in [0.3, 0.4) is 0 Å². The first-order valence-corrected chi connectivity index (χ1v) is 6.72. The minimum absolute atomic E-state index is 0.0665. The van der Waals surface area contributed by atoms with Gasteiger partial charge >= 0.3 is 13.6 Å². The molecule has 0 aliphatic carbocycles. The van der Waals surface area contributed by atoms with Crippen molar-refractivity contribution in [2.24, 2.45) is 0 Å². The van der Waals surface area contributed by atoms with Crippen LogP contribution in [0.15, 0.2) is 24.3 Å². The van der Waals surface area contributed by atoms with Crippen molar-refractivity contribution in [3.05, 3.63) is 29.8 Å². The van der Waals surface area contributed by atoms with Crippen molar-refractivity contribution >= 4 is 19.3 Å². The van der Waals surface area contributed by atoms with Crippen LogP contribution in [-0.2, 0) is 9.36 Å². The number of nitrogens with one attached hydrogen (secondary N) is 1. The molecule has 0 saturated heterocycles. The van der Waals surface area contributed by atoms with Crippen LogP contribution in [0.5, 0.6) is 0 Å². The normalized spacial score (nSPS) is 14.9. The van der Waals surface area contributed by atoms with Crippen molar-refractivity contribution in [3.8, 4) is 0 Å². The summed E-state index contributed by atoms with van der Waals surface area (Å²) in [5, 5.41) is 20.7. The van der Waals surface area contributed by atoms with Gasteiger partial charge in [0.15, 0.2) is 5.85 Å². The van der Waals surface area contributed by atoms with Crippen molar-refractivity contribution < 1.29 is 29.4 Å². The Bertz CT molecular complexity index is 468. The summed E-state index contributed by atoms with van der Waals surface area (Å²) in [4.78, 5) is 28.2. The predicted octanol–water partition coefficient (Wildman–Crippen LogP) is 0.740. The summed E-state index contributed by atoms with van der Waals surface area (Å²) in [5.74, 6) is -2.89. The maximum absolute atomic E-state index is 10.8. The van der Waals surface area contributed by atoms with Crippen LogP contribution < -0.4 is 5.32 Å².